The standard InChI is InChI=1S/C23H23NO5/c1-4-28-18-11-9-17(10-12-18)24-15(2)13-20(16(24)3)22(26)14-29-23(27)19-7-5-6-8-21(19)25/h5-13,25H,4,14H2,1-3H3. The van der Waals surface area contributed by atoms with Gasteiger partial charge in [-0.15, -0.1) is 0 Å². The third kappa shape index (κ3) is 4.32. The first-order valence-electron chi connectivity index (χ1n) is 9.33. The molecule has 6 nitrogen and oxygen atoms in total. The van der Waals surface area contributed by atoms with E-state index in [4.69, 9.17) is 9.47 Å². The molecule has 6 heteroatoms. The molecular weight excluding hydrogens is 370 g/mol. The van der Waals surface area contributed by atoms with Gasteiger partial charge in [-0.25, -0.2) is 4.79 Å². The van der Waals surface area contributed by atoms with E-state index in [0.29, 0.717) is 12.2 Å². The van der Waals surface area contributed by atoms with Crippen LogP contribution in [0.25, 0.3) is 5.69 Å². The Bertz CT molecular complexity index is 1030. The molecule has 2 aromatic carbocycles. The van der Waals surface area contributed by atoms with Crippen molar-refractivity contribution in [3.8, 4) is 17.2 Å². The number of hydrogen-bond acceptors (Lipinski definition) is 5. The van der Waals surface area contributed by atoms with Crippen LogP contribution in [0.2, 0.25) is 0 Å². The number of esters is 1. The van der Waals surface area contributed by atoms with E-state index in [9.17, 15) is 14.7 Å². The molecule has 0 spiro atoms. The summed E-state index contributed by atoms with van der Waals surface area (Å²) in [6.45, 7) is 5.88. The SMILES string of the molecule is CCOc1ccc(-n2c(C)cc(C(=O)COC(=O)c3ccccc3O)c2C)cc1. The van der Waals surface area contributed by atoms with E-state index in [-0.39, 0.29) is 17.1 Å². The van der Waals surface area contributed by atoms with Crippen LogP contribution in [0.5, 0.6) is 11.5 Å². The van der Waals surface area contributed by atoms with Crippen LogP contribution in [-0.2, 0) is 4.74 Å². The Labute approximate surface area is 169 Å². The van der Waals surface area contributed by atoms with E-state index in [1.54, 1.807) is 18.2 Å². The predicted octanol–water partition coefficient (Wildman–Crippen LogP) is 4.24. The van der Waals surface area contributed by atoms with Gasteiger partial charge < -0.3 is 19.1 Å². The maximum absolute atomic E-state index is 12.6. The number of phenolic OH excluding ortho intramolecular Hbond substituents is 1. The van der Waals surface area contributed by atoms with Crippen molar-refractivity contribution < 1.29 is 24.2 Å². The lowest BCUT2D eigenvalue weighted by Crippen LogP contribution is -2.15. The number of para-hydroxylation sites is 1. The molecule has 1 aromatic heterocycles. The summed E-state index contributed by atoms with van der Waals surface area (Å²) in [5, 5.41) is 9.73. The molecule has 3 aromatic rings. The van der Waals surface area contributed by atoms with E-state index in [1.807, 2.05) is 49.6 Å². The summed E-state index contributed by atoms with van der Waals surface area (Å²) in [7, 11) is 0. The van der Waals surface area contributed by atoms with Crippen molar-refractivity contribution in [2.75, 3.05) is 13.2 Å². The average molecular weight is 393 g/mol. The number of ether oxygens (including phenoxy) is 2. The maximum Gasteiger partial charge on any atom is 0.342 e. The Morgan fingerprint density at radius 3 is 2.34 bits per heavy atom. The summed E-state index contributed by atoms with van der Waals surface area (Å²) in [6.07, 6.45) is 0. The van der Waals surface area contributed by atoms with Crippen molar-refractivity contribution in [1.82, 2.24) is 4.57 Å². The Balaban J connectivity index is 1.76. The Morgan fingerprint density at radius 2 is 1.69 bits per heavy atom. The Morgan fingerprint density at radius 1 is 1.00 bits per heavy atom. The van der Waals surface area contributed by atoms with E-state index < -0.39 is 12.6 Å². The number of benzene rings is 2. The minimum Gasteiger partial charge on any atom is -0.507 e. The van der Waals surface area contributed by atoms with Gasteiger partial charge in [0.15, 0.2) is 6.61 Å². The quantitative estimate of drug-likeness (QED) is 0.480. The van der Waals surface area contributed by atoms with Crippen LogP contribution in [0, 0.1) is 13.8 Å². The second-order valence-corrected chi connectivity index (χ2v) is 6.56. The highest BCUT2D eigenvalue weighted by Crippen LogP contribution is 2.24. The number of aromatic nitrogens is 1. The number of carbonyl (C=O) groups is 2. The molecular formula is C23H23NO5. The molecule has 0 saturated heterocycles. The van der Waals surface area contributed by atoms with Crippen LogP contribution in [0.1, 0.15) is 39.0 Å². The highest BCUT2D eigenvalue weighted by atomic mass is 16.5. The van der Waals surface area contributed by atoms with Crippen molar-refractivity contribution in [3.63, 3.8) is 0 Å². The molecule has 0 aliphatic heterocycles. The topological polar surface area (TPSA) is 77.8 Å². The summed E-state index contributed by atoms with van der Waals surface area (Å²) in [6, 6.07) is 15.5. The van der Waals surface area contributed by atoms with Gasteiger partial charge in [0.2, 0.25) is 5.78 Å². The molecule has 150 valence electrons. The molecule has 29 heavy (non-hydrogen) atoms. The highest BCUT2D eigenvalue weighted by Gasteiger charge is 2.19. The first-order chi connectivity index (χ1) is 13.9. The van der Waals surface area contributed by atoms with Crippen molar-refractivity contribution in [3.05, 3.63) is 77.1 Å². The van der Waals surface area contributed by atoms with Gasteiger partial charge in [-0.2, -0.15) is 0 Å². The third-order valence-corrected chi connectivity index (χ3v) is 4.60. The fraction of sp³-hybridized carbons (Fsp3) is 0.217. The second kappa shape index (κ2) is 8.65. The molecule has 1 heterocycles. The normalized spacial score (nSPS) is 10.6. The number of rotatable bonds is 7. The molecule has 0 saturated carbocycles. The van der Waals surface area contributed by atoms with Gasteiger partial charge in [-0.05, 0) is 63.2 Å². The number of ketones is 1. The molecule has 0 fully saturated rings. The zero-order valence-electron chi connectivity index (χ0n) is 16.6. The van der Waals surface area contributed by atoms with Crippen LogP contribution >= 0.6 is 0 Å². The minimum absolute atomic E-state index is 0.0279. The molecule has 1 N–H and O–H groups in total. The number of carbonyl (C=O) groups excluding carboxylic acids is 2. The molecule has 0 unspecified atom stereocenters. The first kappa shape index (κ1) is 20.2. The summed E-state index contributed by atoms with van der Waals surface area (Å²) in [5.74, 6) is -0.444. The fourth-order valence-corrected chi connectivity index (χ4v) is 3.23. The van der Waals surface area contributed by atoms with E-state index in [0.717, 1.165) is 22.8 Å². The predicted molar refractivity (Wildman–Crippen MR) is 109 cm³/mol. The number of phenols is 1. The molecule has 0 amide bonds. The summed E-state index contributed by atoms with van der Waals surface area (Å²) in [5.41, 5.74) is 3.08. The largest absolute Gasteiger partial charge is 0.507 e. The minimum atomic E-state index is -0.739. The van der Waals surface area contributed by atoms with Crippen LogP contribution < -0.4 is 4.74 Å². The van der Waals surface area contributed by atoms with Gasteiger partial charge in [0.25, 0.3) is 0 Å². The zero-order valence-corrected chi connectivity index (χ0v) is 16.6. The first-order valence-corrected chi connectivity index (χ1v) is 9.33. The van der Waals surface area contributed by atoms with Gasteiger partial charge in [-0.3, -0.25) is 4.79 Å². The molecule has 0 aliphatic rings. The van der Waals surface area contributed by atoms with Gasteiger partial charge in [0.05, 0.1) is 6.61 Å². The van der Waals surface area contributed by atoms with Gasteiger partial charge in [0.1, 0.15) is 17.1 Å². The summed E-state index contributed by atoms with van der Waals surface area (Å²) < 4.78 is 12.5. The molecule has 3 rings (SSSR count). The second-order valence-electron chi connectivity index (χ2n) is 6.56. The molecule has 0 bridgehead atoms. The smallest absolute Gasteiger partial charge is 0.342 e. The van der Waals surface area contributed by atoms with E-state index in [1.165, 1.54) is 12.1 Å². The van der Waals surface area contributed by atoms with Gasteiger partial charge in [-0.1, -0.05) is 12.1 Å². The Kier molecular flexibility index (Phi) is 6.02. The van der Waals surface area contributed by atoms with Crippen LogP contribution in [0.15, 0.2) is 54.6 Å². The lowest BCUT2D eigenvalue weighted by atomic mass is 10.1. The number of aryl methyl sites for hydroxylation is 1. The van der Waals surface area contributed by atoms with Gasteiger partial charge in [0, 0.05) is 22.6 Å². The van der Waals surface area contributed by atoms with Gasteiger partial charge >= 0.3 is 5.97 Å². The number of nitrogens with zero attached hydrogens (tertiary/aromatic N) is 1. The van der Waals surface area contributed by atoms with Crippen molar-refractivity contribution >= 4 is 11.8 Å². The molecule has 0 atom stereocenters. The number of Topliss-reactive ketones (excluding diaryl/α,β-unsaturated/α-hetero) is 1. The van der Waals surface area contributed by atoms with E-state index >= 15 is 0 Å². The third-order valence-electron chi connectivity index (χ3n) is 4.60. The fourth-order valence-electron chi connectivity index (χ4n) is 3.23. The monoisotopic (exact) mass is 393 g/mol. The summed E-state index contributed by atoms with van der Waals surface area (Å²) >= 11 is 0. The van der Waals surface area contributed by atoms with Crippen molar-refractivity contribution in [2.45, 2.75) is 20.8 Å². The average Bonchev–Trinajstić information content (AvgIpc) is 3.01. The molecule has 0 radical (unpaired) electrons. The van der Waals surface area contributed by atoms with E-state index in [2.05, 4.69) is 0 Å². The number of hydrogen-bond donors (Lipinski definition) is 1. The zero-order chi connectivity index (χ0) is 21.0. The summed E-state index contributed by atoms with van der Waals surface area (Å²) in [4.78, 5) is 24.8. The van der Waals surface area contributed by atoms with Crippen molar-refractivity contribution in [1.29, 1.82) is 0 Å². The maximum atomic E-state index is 12.6. The lowest BCUT2D eigenvalue weighted by Gasteiger charge is -2.11. The highest BCUT2D eigenvalue weighted by molar-refractivity contribution is 6.01. The number of aromatic hydroxyl groups is 1. The van der Waals surface area contributed by atoms with Crippen LogP contribution in [0.4, 0.5) is 0 Å². The lowest BCUT2D eigenvalue weighted by molar-refractivity contribution is 0.0471. The van der Waals surface area contributed by atoms with Crippen LogP contribution in [-0.4, -0.2) is 34.6 Å². The molecule has 0 aliphatic carbocycles. The Hall–Kier alpha value is -3.54. The van der Waals surface area contributed by atoms with Crippen LogP contribution in [0.3, 0.4) is 0 Å². The van der Waals surface area contributed by atoms with Crippen molar-refractivity contribution in [2.24, 2.45) is 0 Å².